The smallest absolute Gasteiger partial charge is 0.426 e. The second kappa shape index (κ2) is 35.0. The second-order valence-electron chi connectivity index (χ2n) is 17.0. The largest absolute Gasteiger partial charge is 0.482 e. The molecule has 4 aromatic rings. The highest BCUT2D eigenvalue weighted by Gasteiger charge is 2.26. The summed E-state index contributed by atoms with van der Waals surface area (Å²) < 4.78 is 9.95. The summed E-state index contributed by atoms with van der Waals surface area (Å²) in [5.74, 6) is -9.07. The first-order valence-electron chi connectivity index (χ1n) is 24.8. The molecule has 0 fully saturated rings. The number of amides is 9. The maximum atomic E-state index is 13.0. The van der Waals surface area contributed by atoms with Gasteiger partial charge in [-0.05, 0) is 67.8 Å². The van der Waals surface area contributed by atoms with Gasteiger partial charge < -0.3 is 73.1 Å². The number of benzene rings is 2. The monoisotopic (exact) mass is 1200 g/mol. The van der Waals surface area contributed by atoms with Crippen LogP contribution in [0.15, 0.2) is 59.5 Å². The molecule has 35 heteroatoms. The predicted octanol–water partition coefficient (Wildman–Crippen LogP) is -2.50. The first-order chi connectivity index (χ1) is 39.6. The van der Waals surface area contributed by atoms with Crippen molar-refractivity contribution in [2.75, 3.05) is 68.5 Å². The first-order valence-corrected chi connectivity index (χ1v) is 27.3. The Bertz CT molecular complexity index is 3030. The minimum absolute atomic E-state index is 0.0273. The number of nitrogens with two attached hydrogens (primary N) is 1. The van der Waals surface area contributed by atoms with Crippen molar-refractivity contribution in [3.05, 3.63) is 81.9 Å². The van der Waals surface area contributed by atoms with Gasteiger partial charge in [0.15, 0.2) is 17.8 Å². The molecule has 33 nitrogen and oxygen atoms in total. The van der Waals surface area contributed by atoms with Gasteiger partial charge in [-0.1, -0.05) is 21.6 Å². The maximum Gasteiger partial charge on any atom is 0.426 e. The highest BCUT2D eigenvalue weighted by molar-refractivity contribution is 8.76. The van der Waals surface area contributed by atoms with Crippen molar-refractivity contribution < 1.29 is 82.3 Å². The Kier molecular flexibility index (Phi) is 27.7. The van der Waals surface area contributed by atoms with Gasteiger partial charge in [0.25, 0.3) is 17.4 Å². The normalized spacial score (nSPS) is 11.3. The molecule has 2 aromatic carbocycles. The van der Waals surface area contributed by atoms with Crippen LogP contribution in [0.4, 0.5) is 16.4 Å². The van der Waals surface area contributed by atoms with Gasteiger partial charge in [0.05, 0.1) is 38.1 Å². The number of hydrogen-bond donors (Lipinski definition) is 15. The maximum absolute atomic E-state index is 13.0. The third-order valence-electron chi connectivity index (χ3n) is 10.6. The number of ether oxygens (including phenoxy) is 2. The van der Waals surface area contributed by atoms with Crippen LogP contribution in [0.2, 0.25) is 0 Å². The molecule has 0 saturated carbocycles. The van der Waals surface area contributed by atoms with Crippen molar-refractivity contribution in [1.82, 2.24) is 68.0 Å². The molecule has 446 valence electrons. The Morgan fingerprint density at radius 3 is 1.84 bits per heavy atom. The number of nitrogens with one attached hydrogen (secondary N) is 11. The number of aliphatic carboxylic acids is 3. The quantitative estimate of drug-likeness (QED) is 0.0129. The van der Waals surface area contributed by atoms with Gasteiger partial charge in [-0.15, -0.1) is 0 Å². The fraction of sp³-hybridized carbons (Fsp3) is 0.375. The Balaban J connectivity index is 1.08. The van der Waals surface area contributed by atoms with E-state index in [1.54, 1.807) is 24.3 Å². The van der Waals surface area contributed by atoms with Crippen LogP contribution in [0.25, 0.3) is 11.2 Å². The summed E-state index contributed by atoms with van der Waals surface area (Å²) in [6, 6.07) is 8.91. The Morgan fingerprint density at radius 2 is 1.22 bits per heavy atom. The Labute approximate surface area is 477 Å². The topological polar surface area (TPSA) is 502 Å². The van der Waals surface area contributed by atoms with Crippen molar-refractivity contribution >= 4 is 116 Å². The number of carboxylic acids is 3. The standard InChI is InChI=1S/C48H59N15O18S2/c49-47-60-41-40(46(78)61-47)57-29(21-54-41)20-52-28-7-3-26(4-8-28)42(74)51-15-1-2-33(64)53-23-35(66)58-32(12-14-38(70)71)45(77)56-24-36(67)59-31(11-13-37(68)69)44(76)55-22-34(65)50-16-18-82-83-19-17-80-48(79)63-62-43(75)27-5-9-30(10-6-27)81-25-39(72)73/h3-10,21,31-32,52H,1-2,11-20,22-25H2,(H,50,65)(H,51,74)(H,53,64)(H,55,76)(H,56,77)(H,58,66)(H,59,67)(H,62,75)(H,63,79)(H,68,69)(H,70,71)(H,72,73)(H3,49,54,60,61,78)/t31-,32-/m0/s1. The molecule has 0 aliphatic heterocycles. The Hall–Kier alpha value is -9.80. The third kappa shape index (κ3) is 25.9. The lowest BCUT2D eigenvalue weighted by Crippen LogP contribution is -2.53. The number of rotatable bonds is 35. The van der Waals surface area contributed by atoms with Gasteiger partial charge in [0.1, 0.15) is 24.4 Å². The van der Waals surface area contributed by atoms with Gasteiger partial charge in [0.2, 0.25) is 41.4 Å². The third-order valence-corrected chi connectivity index (χ3v) is 13.0. The van der Waals surface area contributed by atoms with Crippen LogP contribution in [0, 0.1) is 0 Å². The van der Waals surface area contributed by atoms with Crippen molar-refractivity contribution in [3.8, 4) is 5.75 Å². The molecule has 2 aromatic heterocycles. The number of nitrogen functional groups attached to an aromatic ring is 1. The highest BCUT2D eigenvalue weighted by atomic mass is 33.1. The van der Waals surface area contributed by atoms with E-state index < -0.39 is 141 Å². The van der Waals surface area contributed by atoms with E-state index >= 15 is 0 Å². The van der Waals surface area contributed by atoms with Crippen LogP contribution in [0.1, 0.15) is 64.9 Å². The zero-order valence-corrected chi connectivity index (χ0v) is 45.5. The number of carboxylic acid groups (broad SMARTS) is 3. The molecule has 0 aliphatic rings. The summed E-state index contributed by atoms with van der Waals surface area (Å²) in [7, 11) is 2.61. The molecule has 2 heterocycles. The zero-order valence-electron chi connectivity index (χ0n) is 43.9. The summed E-state index contributed by atoms with van der Waals surface area (Å²) in [6.45, 7) is -2.16. The fourth-order valence-corrected chi connectivity index (χ4v) is 8.33. The first kappa shape index (κ1) is 65.7. The molecule has 16 N–H and O–H groups in total. The molecular weight excluding hydrogens is 1140 g/mol. The zero-order chi connectivity index (χ0) is 60.7. The van der Waals surface area contributed by atoms with E-state index in [1.165, 1.54) is 52.1 Å². The summed E-state index contributed by atoms with van der Waals surface area (Å²) in [5.41, 5.74) is 10.9. The SMILES string of the molecule is Nc1nc2ncc(CNc3ccc(C(=O)NCCCC(=O)NCC(=O)N[C@@H](CCC(=O)O)C(=O)NCC(=O)N[C@@H](CCC(=O)O)C(=O)NCC(=O)NCCSSCCOC(=O)NNC(=O)c4ccc(OCC(=O)O)cc4)cc3)nc2c(=O)[nH]1. The lowest BCUT2D eigenvalue weighted by atomic mass is 10.1. The van der Waals surface area contributed by atoms with Crippen LogP contribution in [-0.4, -0.2) is 176 Å². The van der Waals surface area contributed by atoms with Crippen molar-refractivity contribution in [1.29, 1.82) is 0 Å². The van der Waals surface area contributed by atoms with Gasteiger partial charge in [-0.2, -0.15) is 4.98 Å². The number of anilines is 2. The molecule has 83 heavy (non-hydrogen) atoms. The minimum atomic E-state index is -1.50. The van der Waals surface area contributed by atoms with E-state index in [0.717, 1.165) is 0 Å². The lowest BCUT2D eigenvalue weighted by molar-refractivity contribution is -0.140. The molecule has 4 rings (SSSR count). The molecule has 0 radical (unpaired) electrons. The van der Waals surface area contributed by atoms with Gasteiger partial charge >= 0.3 is 24.0 Å². The second-order valence-corrected chi connectivity index (χ2v) is 19.7. The van der Waals surface area contributed by atoms with E-state index in [0.29, 0.717) is 28.5 Å². The summed E-state index contributed by atoms with van der Waals surface area (Å²) in [4.78, 5) is 173. The van der Waals surface area contributed by atoms with E-state index in [2.05, 4.69) is 73.3 Å². The predicted molar refractivity (Wildman–Crippen MR) is 294 cm³/mol. The molecule has 0 unspecified atom stereocenters. The number of H-pyrrole nitrogens is 1. The molecule has 0 saturated heterocycles. The van der Waals surface area contributed by atoms with E-state index in [4.69, 9.17) is 20.3 Å². The van der Waals surface area contributed by atoms with Gasteiger partial charge in [-0.25, -0.2) is 25.0 Å². The molecule has 0 aliphatic carbocycles. The fourth-order valence-electron chi connectivity index (χ4n) is 6.60. The number of aromatic nitrogens is 4. The van der Waals surface area contributed by atoms with Crippen molar-refractivity contribution in [2.45, 2.75) is 57.2 Å². The number of fused-ring (bicyclic) bond motifs is 1. The summed E-state index contributed by atoms with van der Waals surface area (Å²) in [5, 5.41) is 46.8. The number of carbonyl (C=O) groups is 12. The Morgan fingerprint density at radius 1 is 0.627 bits per heavy atom. The number of aromatic amines is 1. The van der Waals surface area contributed by atoms with Crippen molar-refractivity contribution in [2.24, 2.45) is 0 Å². The average Bonchev–Trinajstić information content (AvgIpc) is 3.55. The number of nitrogens with zero attached hydrogens (tertiary/aromatic N) is 3. The van der Waals surface area contributed by atoms with Crippen LogP contribution in [0.3, 0.4) is 0 Å². The van der Waals surface area contributed by atoms with Gasteiger partial charge in [0, 0.05) is 60.7 Å². The van der Waals surface area contributed by atoms with Crippen LogP contribution >= 0.6 is 21.6 Å². The van der Waals surface area contributed by atoms with Crippen molar-refractivity contribution in [3.63, 3.8) is 0 Å². The molecule has 0 bridgehead atoms. The molecule has 9 amide bonds. The number of carbonyl (C=O) groups excluding carboxylic acids is 9. The number of hydrazine groups is 1. The molecule has 2 atom stereocenters. The van der Waals surface area contributed by atoms with Crippen LogP contribution in [-0.2, 0) is 54.4 Å². The minimum Gasteiger partial charge on any atom is -0.482 e. The molecule has 0 spiro atoms. The van der Waals surface area contributed by atoms with E-state index in [9.17, 15) is 72.5 Å². The van der Waals surface area contributed by atoms with Crippen LogP contribution in [0.5, 0.6) is 5.75 Å². The van der Waals surface area contributed by atoms with E-state index in [-0.39, 0.29) is 67.5 Å². The molecular formula is C48H59N15O18S2. The highest BCUT2D eigenvalue weighted by Crippen LogP contribution is 2.20. The number of hydrogen-bond acceptors (Lipinski definition) is 22. The van der Waals surface area contributed by atoms with E-state index in [1.807, 2.05) is 0 Å². The summed E-state index contributed by atoms with van der Waals surface area (Å²) in [6.07, 6.45) is -1.46. The summed E-state index contributed by atoms with van der Waals surface area (Å²) >= 11 is 0. The van der Waals surface area contributed by atoms with Crippen LogP contribution < -0.4 is 69.4 Å². The average molecular weight is 1200 g/mol. The van der Waals surface area contributed by atoms with Gasteiger partial charge in [-0.3, -0.25) is 63.1 Å². The lowest BCUT2D eigenvalue weighted by Gasteiger charge is -2.20.